The van der Waals surface area contributed by atoms with Crippen molar-refractivity contribution in [1.82, 2.24) is 5.32 Å². The molecular weight excluding hydrogens is 261 g/mol. The van der Waals surface area contributed by atoms with Crippen LogP contribution in [0.25, 0.3) is 0 Å². The zero-order valence-corrected chi connectivity index (χ0v) is 10.8. The van der Waals surface area contributed by atoms with Crippen molar-refractivity contribution in [3.8, 4) is 0 Å². The van der Waals surface area contributed by atoms with Gasteiger partial charge in [-0.15, -0.1) is 0 Å². The lowest BCUT2D eigenvalue weighted by Gasteiger charge is -2.14. The fraction of sp³-hybridized carbons (Fsp3) is 0.455. The van der Waals surface area contributed by atoms with Crippen molar-refractivity contribution in [3.05, 3.63) is 33.3 Å². The number of halogens is 2. The van der Waals surface area contributed by atoms with Gasteiger partial charge in [0.15, 0.2) is 0 Å². The zero-order valence-electron chi connectivity index (χ0n) is 8.48. The van der Waals surface area contributed by atoms with E-state index in [4.69, 9.17) is 11.6 Å². The maximum Gasteiger partial charge on any atom is 0.0551 e. The van der Waals surface area contributed by atoms with Crippen molar-refractivity contribution in [2.45, 2.75) is 26.3 Å². The number of benzene rings is 1. The first-order valence-corrected chi connectivity index (χ1v) is 6.00. The van der Waals surface area contributed by atoms with Crippen LogP contribution < -0.4 is 5.32 Å². The van der Waals surface area contributed by atoms with Crippen molar-refractivity contribution in [3.63, 3.8) is 0 Å². The third kappa shape index (κ3) is 3.26. The second kappa shape index (κ2) is 5.74. The molecule has 78 valence electrons. The molecule has 14 heavy (non-hydrogen) atoms. The van der Waals surface area contributed by atoms with Crippen LogP contribution in [0.1, 0.15) is 31.9 Å². The molecule has 1 rings (SSSR count). The van der Waals surface area contributed by atoms with Crippen molar-refractivity contribution >= 4 is 27.5 Å². The van der Waals surface area contributed by atoms with Crippen molar-refractivity contribution < 1.29 is 0 Å². The largest absolute Gasteiger partial charge is 0.310 e. The predicted octanol–water partition coefficient (Wildman–Crippen LogP) is 4.16. The number of hydrogen-bond donors (Lipinski definition) is 1. The highest BCUT2D eigenvalue weighted by atomic mass is 79.9. The second-order valence-electron chi connectivity index (χ2n) is 3.35. The molecule has 0 aliphatic carbocycles. The van der Waals surface area contributed by atoms with Gasteiger partial charge in [-0.1, -0.05) is 24.6 Å². The lowest BCUT2D eigenvalue weighted by Crippen LogP contribution is -2.19. The number of hydrogen-bond acceptors (Lipinski definition) is 1. The molecular formula is C11H15BrClN. The molecule has 0 aromatic heterocycles. The lowest BCUT2D eigenvalue weighted by atomic mass is 10.1. The van der Waals surface area contributed by atoms with E-state index in [0.29, 0.717) is 6.04 Å². The van der Waals surface area contributed by atoms with Crippen LogP contribution in [0, 0.1) is 0 Å². The van der Waals surface area contributed by atoms with Crippen LogP contribution in [-0.4, -0.2) is 6.54 Å². The Labute approximate surface area is 99.0 Å². The van der Waals surface area contributed by atoms with Crippen LogP contribution in [-0.2, 0) is 0 Å². The molecule has 0 amide bonds. The summed E-state index contributed by atoms with van der Waals surface area (Å²) in [5.41, 5.74) is 1.23. The molecule has 1 atom stereocenters. The van der Waals surface area contributed by atoms with Crippen LogP contribution >= 0.6 is 27.5 Å². The summed E-state index contributed by atoms with van der Waals surface area (Å²) >= 11 is 9.40. The summed E-state index contributed by atoms with van der Waals surface area (Å²) in [7, 11) is 0. The minimum atomic E-state index is 0.362. The van der Waals surface area contributed by atoms with E-state index in [1.165, 1.54) is 5.56 Å². The Morgan fingerprint density at radius 3 is 2.79 bits per heavy atom. The lowest BCUT2D eigenvalue weighted by molar-refractivity contribution is 0.570. The van der Waals surface area contributed by atoms with Crippen LogP contribution in [0.2, 0.25) is 5.02 Å². The van der Waals surface area contributed by atoms with E-state index in [1.807, 2.05) is 12.1 Å². The third-order valence-corrected chi connectivity index (χ3v) is 3.38. The second-order valence-corrected chi connectivity index (χ2v) is 4.61. The quantitative estimate of drug-likeness (QED) is 0.870. The molecule has 3 heteroatoms. The Morgan fingerprint density at radius 2 is 2.21 bits per heavy atom. The average molecular weight is 277 g/mol. The molecule has 0 aliphatic heterocycles. The van der Waals surface area contributed by atoms with E-state index < -0.39 is 0 Å². The van der Waals surface area contributed by atoms with Gasteiger partial charge in [0.2, 0.25) is 0 Å². The molecule has 0 saturated carbocycles. The molecule has 1 N–H and O–H groups in total. The van der Waals surface area contributed by atoms with Crippen LogP contribution in [0.15, 0.2) is 22.7 Å². The first-order chi connectivity index (χ1) is 6.65. The minimum Gasteiger partial charge on any atom is -0.310 e. The van der Waals surface area contributed by atoms with Gasteiger partial charge in [-0.2, -0.15) is 0 Å². The Bertz CT molecular complexity index is 301. The summed E-state index contributed by atoms with van der Waals surface area (Å²) in [6, 6.07) is 6.44. The van der Waals surface area contributed by atoms with Gasteiger partial charge in [0.25, 0.3) is 0 Å². The molecule has 1 aromatic rings. The van der Waals surface area contributed by atoms with Crippen molar-refractivity contribution in [2.24, 2.45) is 0 Å². The first-order valence-electron chi connectivity index (χ1n) is 4.83. The van der Waals surface area contributed by atoms with Crippen LogP contribution in [0.5, 0.6) is 0 Å². The van der Waals surface area contributed by atoms with Gasteiger partial charge < -0.3 is 5.32 Å². The zero-order chi connectivity index (χ0) is 10.6. The van der Waals surface area contributed by atoms with E-state index >= 15 is 0 Å². The third-order valence-electron chi connectivity index (χ3n) is 2.14. The van der Waals surface area contributed by atoms with E-state index in [0.717, 1.165) is 22.5 Å². The topological polar surface area (TPSA) is 12.0 Å². The summed E-state index contributed by atoms with van der Waals surface area (Å²) in [5, 5.41) is 4.19. The standard InChI is InChI=1S/C11H15BrClN/c1-3-6-14-8(2)9-4-5-10(12)11(13)7-9/h4-5,7-8,14H,3,6H2,1-2H3. The van der Waals surface area contributed by atoms with E-state index in [1.54, 1.807) is 0 Å². The van der Waals surface area contributed by atoms with E-state index in [2.05, 4.69) is 41.2 Å². The molecule has 1 nitrogen and oxygen atoms in total. The normalized spacial score (nSPS) is 12.9. The molecule has 0 heterocycles. The summed E-state index contributed by atoms with van der Waals surface area (Å²) in [5.74, 6) is 0. The van der Waals surface area contributed by atoms with Gasteiger partial charge in [0.05, 0.1) is 5.02 Å². The Morgan fingerprint density at radius 1 is 1.50 bits per heavy atom. The summed E-state index contributed by atoms with van der Waals surface area (Å²) < 4.78 is 0.950. The molecule has 0 fully saturated rings. The van der Waals surface area contributed by atoms with E-state index in [-0.39, 0.29) is 0 Å². The van der Waals surface area contributed by atoms with E-state index in [9.17, 15) is 0 Å². The van der Waals surface area contributed by atoms with Gasteiger partial charge in [0, 0.05) is 10.5 Å². The van der Waals surface area contributed by atoms with Crippen LogP contribution in [0.3, 0.4) is 0 Å². The fourth-order valence-corrected chi connectivity index (χ4v) is 1.70. The molecule has 0 spiro atoms. The van der Waals surface area contributed by atoms with Gasteiger partial charge in [-0.25, -0.2) is 0 Å². The summed E-state index contributed by atoms with van der Waals surface area (Å²) in [6.07, 6.45) is 1.15. The highest BCUT2D eigenvalue weighted by molar-refractivity contribution is 9.10. The smallest absolute Gasteiger partial charge is 0.0551 e. The molecule has 0 saturated heterocycles. The fourth-order valence-electron chi connectivity index (χ4n) is 1.26. The Hall–Kier alpha value is -0.0500. The molecule has 0 bridgehead atoms. The van der Waals surface area contributed by atoms with Crippen molar-refractivity contribution in [2.75, 3.05) is 6.54 Å². The number of rotatable bonds is 4. The molecule has 0 radical (unpaired) electrons. The maximum absolute atomic E-state index is 6.02. The average Bonchev–Trinajstić information content (AvgIpc) is 2.18. The highest BCUT2D eigenvalue weighted by Gasteiger charge is 2.05. The molecule has 1 unspecified atom stereocenters. The van der Waals surface area contributed by atoms with Gasteiger partial charge in [-0.3, -0.25) is 0 Å². The SMILES string of the molecule is CCCNC(C)c1ccc(Br)c(Cl)c1. The van der Waals surface area contributed by atoms with Gasteiger partial charge in [-0.05, 0) is 53.5 Å². The first kappa shape index (κ1) is 12.0. The van der Waals surface area contributed by atoms with Gasteiger partial charge >= 0.3 is 0 Å². The monoisotopic (exact) mass is 275 g/mol. The van der Waals surface area contributed by atoms with Crippen molar-refractivity contribution in [1.29, 1.82) is 0 Å². The Kier molecular flexibility index (Phi) is 4.93. The molecule has 1 aromatic carbocycles. The highest BCUT2D eigenvalue weighted by Crippen LogP contribution is 2.25. The minimum absolute atomic E-state index is 0.362. The number of nitrogens with one attached hydrogen (secondary N) is 1. The predicted molar refractivity (Wildman–Crippen MR) is 65.9 cm³/mol. The Balaban J connectivity index is 2.70. The van der Waals surface area contributed by atoms with Crippen LogP contribution in [0.4, 0.5) is 0 Å². The summed E-state index contributed by atoms with van der Waals surface area (Å²) in [6.45, 7) is 5.35. The summed E-state index contributed by atoms with van der Waals surface area (Å²) in [4.78, 5) is 0. The maximum atomic E-state index is 6.02. The van der Waals surface area contributed by atoms with Gasteiger partial charge in [0.1, 0.15) is 0 Å². The molecule has 0 aliphatic rings.